The van der Waals surface area contributed by atoms with Gasteiger partial charge in [0.05, 0.1) is 11.4 Å². The van der Waals surface area contributed by atoms with Gasteiger partial charge in [0, 0.05) is 14.1 Å². The second-order valence-electron chi connectivity index (χ2n) is 7.32. The number of amides is 3. The molecule has 2 aliphatic rings. The monoisotopic (exact) mass is 399 g/mol. The van der Waals surface area contributed by atoms with E-state index in [0.717, 1.165) is 21.9 Å². The Labute approximate surface area is 164 Å². The van der Waals surface area contributed by atoms with Crippen LogP contribution in [0.2, 0.25) is 0 Å². The molecule has 7 nitrogen and oxygen atoms in total. The lowest BCUT2D eigenvalue weighted by Crippen LogP contribution is -2.41. The number of carbonyl (C=O) groups is 2. The van der Waals surface area contributed by atoms with Crippen LogP contribution < -0.4 is 5.32 Å². The van der Waals surface area contributed by atoms with Crippen molar-refractivity contribution in [1.82, 2.24) is 14.5 Å². The molecule has 0 saturated carbocycles. The molecule has 8 heteroatoms. The molecule has 4 rings (SSSR count). The Morgan fingerprint density at radius 2 is 1.86 bits per heavy atom. The molecule has 1 heterocycles. The lowest BCUT2D eigenvalue weighted by molar-refractivity contribution is -0.132. The van der Waals surface area contributed by atoms with Gasteiger partial charge in [-0.05, 0) is 41.7 Å². The number of nitrogens with one attached hydrogen (secondary N) is 1. The fraction of sp³-hybridized carbons (Fsp3) is 0.300. The van der Waals surface area contributed by atoms with E-state index in [1.807, 2.05) is 24.3 Å². The topological polar surface area (TPSA) is 86.8 Å². The Bertz CT molecular complexity index is 1080. The van der Waals surface area contributed by atoms with E-state index >= 15 is 0 Å². The van der Waals surface area contributed by atoms with Crippen molar-refractivity contribution < 1.29 is 18.0 Å². The number of urea groups is 1. The van der Waals surface area contributed by atoms with Gasteiger partial charge in [0.15, 0.2) is 0 Å². The summed E-state index contributed by atoms with van der Waals surface area (Å²) in [5, 5.41) is 2.88. The van der Waals surface area contributed by atoms with Crippen molar-refractivity contribution in [2.45, 2.75) is 29.8 Å². The number of aryl methyl sites for hydroxylation is 1. The minimum atomic E-state index is -3.59. The van der Waals surface area contributed by atoms with Crippen LogP contribution in [0.15, 0.2) is 53.4 Å². The highest BCUT2D eigenvalue weighted by molar-refractivity contribution is 7.89. The van der Waals surface area contributed by atoms with Crippen LogP contribution in [0.5, 0.6) is 0 Å². The van der Waals surface area contributed by atoms with Crippen molar-refractivity contribution in [2.75, 3.05) is 14.1 Å². The average Bonchev–Trinajstić information content (AvgIpc) is 3.15. The van der Waals surface area contributed by atoms with Gasteiger partial charge < -0.3 is 5.32 Å². The highest BCUT2D eigenvalue weighted by Gasteiger charge is 2.55. The summed E-state index contributed by atoms with van der Waals surface area (Å²) in [5.41, 5.74) is 1.48. The number of nitrogens with zero attached hydrogens (tertiary/aromatic N) is 2. The van der Waals surface area contributed by atoms with Gasteiger partial charge in [-0.15, -0.1) is 0 Å². The van der Waals surface area contributed by atoms with Gasteiger partial charge in [0.1, 0.15) is 5.54 Å². The highest BCUT2D eigenvalue weighted by atomic mass is 32.2. The normalized spacial score (nSPS) is 21.5. The number of hydrogen-bond acceptors (Lipinski definition) is 4. The molecule has 2 aromatic rings. The van der Waals surface area contributed by atoms with Crippen LogP contribution >= 0.6 is 0 Å². The Balaban J connectivity index is 1.64. The summed E-state index contributed by atoms with van der Waals surface area (Å²) in [5.74, 6) is -0.289. The SMILES string of the molecule is CN(C)S(=O)(=O)c1cccc(CN2C(=O)NC3(CCc4ccccc43)C2=O)c1. The molecule has 1 unspecified atom stereocenters. The Morgan fingerprint density at radius 1 is 1.11 bits per heavy atom. The second kappa shape index (κ2) is 6.42. The zero-order valence-corrected chi connectivity index (χ0v) is 16.5. The predicted octanol–water partition coefficient (Wildman–Crippen LogP) is 1.83. The van der Waals surface area contributed by atoms with Crippen molar-refractivity contribution in [3.63, 3.8) is 0 Å². The first kappa shape index (κ1) is 18.6. The Morgan fingerprint density at radius 3 is 2.61 bits per heavy atom. The molecule has 1 saturated heterocycles. The molecule has 3 amide bonds. The van der Waals surface area contributed by atoms with Crippen LogP contribution in [0.3, 0.4) is 0 Å². The quantitative estimate of drug-likeness (QED) is 0.795. The molecule has 146 valence electrons. The van der Waals surface area contributed by atoms with E-state index in [9.17, 15) is 18.0 Å². The molecule has 2 aromatic carbocycles. The third-order valence-corrected chi connectivity index (χ3v) is 7.25. The summed E-state index contributed by atoms with van der Waals surface area (Å²) in [6.07, 6.45) is 1.26. The second-order valence-corrected chi connectivity index (χ2v) is 9.47. The van der Waals surface area contributed by atoms with Gasteiger partial charge in [-0.1, -0.05) is 36.4 Å². The summed E-state index contributed by atoms with van der Waals surface area (Å²) >= 11 is 0. The summed E-state index contributed by atoms with van der Waals surface area (Å²) in [4.78, 5) is 27.1. The summed E-state index contributed by atoms with van der Waals surface area (Å²) in [6, 6.07) is 13.5. The summed E-state index contributed by atoms with van der Waals surface area (Å²) < 4.78 is 25.8. The maximum atomic E-state index is 13.2. The van der Waals surface area contributed by atoms with Crippen LogP contribution in [0.4, 0.5) is 4.79 Å². The van der Waals surface area contributed by atoms with E-state index in [0.29, 0.717) is 12.0 Å². The number of imide groups is 1. The fourth-order valence-corrected chi connectivity index (χ4v) is 4.90. The molecule has 1 fully saturated rings. The van der Waals surface area contributed by atoms with Gasteiger partial charge in [-0.25, -0.2) is 17.5 Å². The molecule has 1 atom stereocenters. The number of rotatable bonds is 4. The summed E-state index contributed by atoms with van der Waals surface area (Å²) in [7, 11) is -0.675. The largest absolute Gasteiger partial charge is 0.325 e. The molecule has 1 aliphatic heterocycles. The Hall–Kier alpha value is -2.71. The molecule has 0 bridgehead atoms. The van der Waals surface area contributed by atoms with Crippen LogP contribution in [0, 0.1) is 0 Å². The molecule has 28 heavy (non-hydrogen) atoms. The summed E-state index contributed by atoms with van der Waals surface area (Å²) in [6.45, 7) is 0.0192. The average molecular weight is 399 g/mol. The van der Waals surface area contributed by atoms with E-state index in [2.05, 4.69) is 5.32 Å². The number of carbonyl (C=O) groups excluding carboxylic acids is 2. The zero-order valence-electron chi connectivity index (χ0n) is 15.7. The third kappa shape index (κ3) is 2.71. The van der Waals surface area contributed by atoms with Crippen molar-refractivity contribution in [2.24, 2.45) is 0 Å². The van der Waals surface area contributed by atoms with Gasteiger partial charge in [-0.2, -0.15) is 0 Å². The van der Waals surface area contributed by atoms with Crippen LogP contribution in [-0.2, 0) is 33.3 Å². The fourth-order valence-electron chi connectivity index (χ4n) is 3.93. The van der Waals surface area contributed by atoms with Crippen LogP contribution in [-0.4, -0.2) is 43.7 Å². The number of fused-ring (bicyclic) bond motifs is 2. The molecule has 1 spiro atoms. The molecule has 1 aliphatic carbocycles. The molecule has 1 N–H and O–H groups in total. The van der Waals surface area contributed by atoms with Crippen LogP contribution in [0.25, 0.3) is 0 Å². The lowest BCUT2D eigenvalue weighted by Gasteiger charge is -2.22. The maximum Gasteiger partial charge on any atom is 0.325 e. The first-order valence-corrected chi connectivity index (χ1v) is 10.4. The van der Waals surface area contributed by atoms with Gasteiger partial charge in [-0.3, -0.25) is 9.69 Å². The van der Waals surface area contributed by atoms with Gasteiger partial charge in [0.25, 0.3) is 5.91 Å². The van der Waals surface area contributed by atoms with Crippen molar-refractivity contribution in [3.8, 4) is 0 Å². The first-order chi connectivity index (χ1) is 13.3. The molecule has 0 radical (unpaired) electrons. The zero-order chi connectivity index (χ0) is 20.1. The highest BCUT2D eigenvalue weighted by Crippen LogP contribution is 2.41. The standard InChI is InChI=1S/C20H21N3O4S/c1-22(2)28(26,27)16-8-5-6-14(12-16)13-23-18(24)20(21-19(23)25)11-10-15-7-3-4-9-17(15)20/h3-9,12H,10-11,13H2,1-2H3,(H,21,25). The number of sulfonamides is 1. The van der Waals surface area contributed by atoms with E-state index in [1.165, 1.54) is 31.1 Å². The van der Waals surface area contributed by atoms with E-state index in [4.69, 9.17) is 0 Å². The minimum absolute atomic E-state index is 0.0192. The number of hydrogen-bond donors (Lipinski definition) is 1. The van der Waals surface area contributed by atoms with Crippen molar-refractivity contribution in [1.29, 1.82) is 0 Å². The van der Waals surface area contributed by atoms with E-state index in [1.54, 1.807) is 12.1 Å². The van der Waals surface area contributed by atoms with Crippen LogP contribution in [0.1, 0.15) is 23.1 Å². The molecule has 0 aromatic heterocycles. The van der Waals surface area contributed by atoms with Gasteiger partial charge in [0.2, 0.25) is 10.0 Å². The Kier molecular flexibility index (Phi) is 4.28. The smallest absolute Gasteiger partial charge is 0.319 e. The lowest BCUT2D eigenvalue weighted by atomic mass is 9.92. The first-order valence-electron chi connectivity index (χ1n) is 9.00. The molecular weight excluding hydrogens is 378 g/mol. The third-order valence-electron chi connectivity index (χ3n) is 5.44. The maximum absolute atomic E-state index is 13.2. The minimum Gasteiger partial charge on any atom is -0.319 e. The van der Waals surface area contributed by atoms with E-state index in [-0.39, 0.29) is 17.3 Å². The van der Waals surface area contributed by atoms with Gasteiger partial charge >= 0.3 is 6.03 Å². The van der Waals surface area contributed by atoms with Crippen molar-refractivity contribution in [3.05, 3.63) is 65.2 Å². The number of benzene rings is 2. The van der Waals surface area contributed by atoms with Crippen molar-refractivity contribution >= 4 is 22.0 Å². The predicted molar refractivity (Wildman–Crippen MR) is 103 cm³/mol. The van der Waals surface area contributed by atoms with E-state index < -0.39 is 21.6 Å². The molecular formula is C20H21N3O4S.